The molecule has 22 heavy (non-hydrogen) atoms. The van der Waals surface area contributed by atoms with Gasteiger partial charge in [0.05, 0.1) is 24.0 Å². The fourth-order valence-corrected chi connectivity index (χ4v) is 3.28. The Kier molecular flexibility index (Phi) is 3.45. The van der Waals surface area contributed by atoms with E-state index in [4.69, 9.17) is 4.74 Å². The van der Waals surface area contributed by atoms with Crippen LogP contribution in [0.1, 0.15) is 18.9 Å². The summed E-state index contributed by atoms with van der Waals surface area (Å²) in [7, 11) is 0. The van der Waals surface area contributed by atoms with Crippen LogP contribution in [0.3, 0.4) is 0 Å². The van der Waals surface area contributed by atoms with Crippen LogP contribution in [0.25, 0.3) is 0 Å². The highest BCUT2D eigenvalue weighted by Crippen LogP contribution is 2.36. The summed E-state index contributed by atoms with van der Waals surface area (Å²) in [5.74, 6) is 1.13. The van der Waals surface area contributed by atoms with E-state index in [1.807, 2.05) is 28.9 Å². The van der Waals surface area contributed by atoms with Crippen molar-refractivity contribution in [2.75, 3.05) is 23.8 Å². The molecule has 2 aliphatic rings. The van der Waals surface area contributed by atoms with Crippen LogP contribution in [0.4, 0.5) is 5.69 Å². The van der Waals surface area contributed by atoms with Crippen molar-refractivity contribution in [3.8, 4) is 5.75 Å². The van der Waals surface area contributed by atoms with Crippen LogP contribution < -0.4 is 9.64 Å². The Hall–Kier alpha value is -2.09. The molecule has 0 bridgehead atoms. The number of carbonyl (C=O) groups excluding carboxylic acids is 1. The van der Waals surface area contributed by atoms with Gasteiger partial charge in [-0.3, -0.25) is 4.79 Å². The molecule has 1 aliphatic carbocycles. The highest BCUT2D eigenvalue weighted by molar-refractivity contribution is 7.99. The Morgan fingerprint density at radius 1 is 1.36 bits per heavy atom. The second-order valence-electron chi connectivity index (χ2n) is 5.29. The molecule has 0 unspecified atom stereocenters. The summed E-state index contributed by atoms with van der Waals surface area (Å²) < 4.78 is 7.40. The summed E-state index contributed by atoms with van der Waals surface area (Å²) in [5.41, 5.74) is 0.834. The van der Waals surface area contributed by atoms with Crippen molar-refractivity contribution in [1.82, 2.24) is 20.2 Å². The Balaban J connectivity index is 1.45. The van der Waals surface area contributed by atoms with E-state index >= 15 is 0 Å². The zero-order chi connectivity index (χ0) is 14.9. The van der Waals surface area contributed by atoms with Crippen LogP contribution in [0.15, 0.2) is 29.4 Å². The molecule has 1 saturated carbocycles. The number of anilines is 1. The van der Waals surface area contributed by atoms with Crippen molar-refractivity contribution in [1.29, 1.82) is 0 Å². The minimum absolute atomic E-state index is 0.0473. The molecule has 0 spiro atoms. The average Bonchev–Trinajstić information content (AvgIpc) is 3.30. The largest absolute Gasteiger partial charge is 0.490 e. The maximum atomic E-state index is 12.5. The SMILES string of the molecule is O=C(CSc1nnnn1C1CC1)N1CCOc2ccccc21. The van der Waals surface area contributed by atoms with Gasteiger partial charge >= 0.3 is 0 Å². The maximum Gasteiger partial charge on any atom is 0.237 e. The topological polar surface area (TPSA) is 73.1 Å². The van der Waals surface area contributed by atoms with Crippen molar-refractivity contribution >= 4 is 23.4 Å². The summed E-state index contributed by atoms with van der Waals surface area (Å²) in [6.45, 7) is 1.09. The second kappa shape index (κ2) is 5.60. The van der Waals surface area contributed by atoms with Gasteiger partial charge in [0, 0.05) is 0 Å². The number of thioether (sulfide) groups is 1. The number of aromatic nitrogens is 4. The molecule has 0 saturated heterocycles. The molecule has 1 aliphatic heterocycles. The Bertz CT molecular complexity index is 700. The number of rotatable bonds is 4. The standard InChI is InChI=1S/C14H15N5O2S/c20-13(9-22-14-15-16-17-19(14)10-5-6-10)18-7-8-21-12-4-2-1-3-11(12)18/h1-4,10H,5-9H2. The van der Waals surface area contributed by atoms with Crippen molar-refractivity contribution in [3.63, 3.8) is 0 Å². The smallest absolute Gasteiger partial charge is 0.237 e. The van der Waals surface area contributed by atoms with Gasteiger partial charge in [-0.15, -0.1) is 5.10 Å². The molecule has 2 heterocycles. The minimum atomic E-state index is 0.0473. The van der Waals surface area contributed by atoms with Gasteiger partial charge in [0.25, 0.3) is 0 Å². The number of hydrogen-bond donors (Lipinski definition) is 0. The lowest BCUT2D eigenvalue weighted by Gasteiger charge is -2.29. The van der Waals surface area contributed by atoms with Crippen LogP contribution in [-0.2, 0) is 4.79 Å². The van der Waals surface area contributed by atoms with Gasteiger partial charge in [0.2, 0.25) is 11.1 Å². The molecule has 1 aromatic heterocycles. The predicted octanol–water partition coefficient (Wildman–Crippen LogP) is 1.53. The number of fused-ring (bicyclic) bond motifs is 1. The molecule has 0 atom stereocenters. The van der Waals surface area contributed by atoms with E-state index in [-0.39, 0.29) is 5.91 Å². The highest BCUT2D eigenvalue weighted by Gasteiger charge is 2.29. The Labute approximate surface area is 131 Å². The third-order valence-corrected chi connectivity index (χ3v) is 4.63. The van der Waals surface area contributed by atoms with E-state index in [1.165, 1.54) is 11.8 Å². The molecule has 1 fully saturated rings. The fraction of sp³-hybridized carbons (Fsp3) is 0.429. The van der Waals surface area contributed by atoms with Gasteiger partial charge in [-0.05, 0) is 35.4 Å². The van der Waals surface area contributed by atoms with Crippen LogP contribution in [0, 0.1) is 0 Å². The summed E-state index contributed by atoms with van der Waals surface area (Å²) in [6.07, 6.45) is 2.23. The summed E-state index contributed by atoms with van der Waals surface area (Å²) >= 11 is 1.39. The third kappa shape index (κ3) is 2.54. The van der Waals surface area contributed by atoms with Gasteiger partial charge in [-0.25, -0.2) is 4.68 Å². The lowest BCUT2D eigenvalue weighted by Crippen LogP contribution is -2.39. The average molecular weight is 317 g/mol. The second-order valence-corrected chi connectivity index (χ2v) is 6.23. The molecule has 4 rings (SSSR count). The number of para-hydroxylation sites is 2. The van der Waals surface area contributed by atoms with Crippen molar-refractivity contribution < 1.29 is 9.53 Å². The van der Waals surface area contributed by atoms with E-state index in [0.717, 1.165) is 29.4 Å². The number of hydrogen-bond acceptors (Lipinski definition) is 6. The van der Waals surface area contributed by atoms with Crippen LogP contribution in [-0.4, -0.2) is 45.0 Å². The van der Waals surface area contributed by atoms with Crippen molar-refractivity contribution in [2.45, 2.75) is 24.0 Å². The summed E-state index contributed by atoms with van der Waals surface area (Å²) in [6, 6.07) is 8.03. The van der Waals surface area contributed by atoms with Crippen LogP contribution >= 0.6 is 11.8 Å². The summed E-state index contributed by atoms with van der Waals surface area (Å²) in [4.78, 5) is 14.3. The molecular formula is C14H15N5O2S. The van der Waals surface area contributed by atoms with E-state index in [0.29, 0.717) is 24.9 Å². The maximum absolute atomic E-state index is 12.5. The predicted molar refractivity (Wildman–Crippen MR) is 81.1 cm³/mol. The first-order chi connectivity index (χ1) is 10.8. The third-order valence-electron chi connectivity index (χ3n) is 3.71. The molecule has 7 nitrogen and oxygen atoms in total. The molecule has 8 heteroatoms. The lowest BCUT2D eigenvalue weighted by molar-refractivity contribution is -0.116. The zero-order valence-electron chi connectivity index (χ0n) is 11.9. The first-order valence-corrected chi connectivity index (χ1v) is 8.24. The fourth-order valence-electron chi connectivity index (χ4n) is 2.46. The molecule has 1 aromatic carbocycles. The lowest BCUT2D eigenvalue weighted by atomic mass is 10.2. The molecule has 114 valence electrons. The number of nitrogens with zero attached hydrogens (tertiary/aromatic N) is 5. The molecule has 0 N–H and O–H groups in total. The number of tetrazole rings is 1. The van der Waals surface area contributed by atoms with Gasteiger partial charge in [0.1, 0.15) is 12.4 Å². The van der Waals surface area contributed by atoms with Gasteiger partial charge in [-0.2, -0.15) is 0 Å². The summed E-state index contributed by atoms with van der Waals surface area (Å²) in [5, 5.41) is 12.4. The molecule has 2 aromatic rings. The first kappa shape index (κ1) is 13.6. The monoisotopic (exact) mass is 317 g/mol. The van der Waals surface area contributed by atoms with E-state index in [2.05, 4.69) is 15.5 Å². The van der Waals surface area contributed by atoms with Gasteiger partial charge in [-0.1, -0.05) is 23.9 Å². The number of carbonyl (C=O) groups is 1. The molecule has 0 radical (unpaired) electrons. The zero-order valence-corrected chi connectivity index (χ0v) is 12.7. The van der Waals surface area contributed by atoms with Crippen LogP contribution in [0.5, 0.6) is 5.75 Å². The first-order valence-electron chi connectivity index (χ1n) is 7.26. The normalized spacial score (nSPS) is 17.0. The van der Waals surface area contributed by atoms with E-state index in [9.17, 15) is 4.79 Å². The quantitative estimate of drug-likeness (QED) is 0.796. The minimum Gasteiger partial charge on any atom is -0.490 e. The van der Waals surface area contributed by atoms with E-state index < -0.39 is 0 Å². The Morgan fingerprint density at radius 3 is 3.09 bits per heavy atom. The van der Waals surface area contributed by atoms with Gasteiger partial charge < -0.3 is 9.64 Å². The highest BCUT2D eigenvalue weighted by atomic mass is 32.2. The van der Waals surface area contributed by atoms with Crippen molar-refractivity contribution in [3.05, 3.63) is 24.3 Å². The van der Waals surface area contributed by atoms with Gasteiger partial charge in [0.15, 0.2) is 0 Å². The number of amides is 1. The number of ether oxygens (including phenoxy) is 1. The number of benzene rings is 1. The Morgan fingerprint density at radius 2 is 2.23 bits per heavy atom. The van der Waals surface area contributed by atoms with Crippen molar-refractivity contribution in [2.24, 2.45) is 0 Å². The van der Waals surface area contributed by atoms with E-state index in [1.54, 1.807) is 4.90 Å². The molecular weight excluding hydrogens is 302 g/mol. The molecule has 1 amide bonds. The van der Waals surface area contributed by atoms with Crippen LogP contribution in [0.2, 0.25) is 0 Å².